The van der Waals surface area contributed by atoms with Gasteiger partial charge in [0.25, 0.3) is 0 Å². The molecule has 2 aromatic carbocycles. The Balaban J connectivity index is 1.63. The number of amides is 1. The summed E-state index contributed by atoms with van der Waals surface area (Å²) >= 11 is 1.27. The van der Waals surface area contributed by atoms with Gasteiger partial charge in [-0.25, -0.2) is 4.98 Å². The van der Waals surface area contributed by atoms with Crippen LogP contribution >= 0.6 is 11.8 Å². The Morgan fingerprint density at radius 3 is 2.59 bits per heavy atom. The molecular formula is C22H24F3N3O3S. The van der Waals surface area contributed by atoms with Gasteiger partial charge in [0.05, 0.1) is 22.7 Å². The molecule has 10 heteroatoms. The zero-order valence-corrected chi connectivity index (χ0v) is 18.5. The summed E-state index contributed by atoms with van der Waals surface area (Å²) < 4.78 is 46.6. The number of rotatable bonds is 9. The summed E-state index contributed by atoms with van der Waals surface area (Å²) in [5.74, 6) is 0.638. The highest BCUT2D eigenvalue weighted by atomic mass is 32.2. The average Bonchev–Trinajstić information content (AvgIpc) is 3.08. The van der Waals surface area contributed by atoms with Crippen LogP contribution in [0.15, 0.2) is 47.6 Å². The van der Waals surface area contributed by atoms with Gasteiger partial charge in [-0.2, -0.15) is 13.2 Å². The molecule has 0 saturated heterocycles. The third kappa shape index (κ3) is 6.17. The van der Waals surface area contributed by atoms with Gasteiger partial charge in [0, 0.05) is 24.9 Å². The van der Waals surface area contributed by atoms with Crippen molar-refractivity contribution in [2.75, 3.05) is 17.7 Å². The van der Waals surface area contributed by atoms with Crippen molar-refractivity contribution in [2.45, 2.75) is 44.2 Å². The Morgan fingerprint density at radius 2 is 1.97 bits per heavy atom. The van der Waals surface area contributed by atoms with Gasteiger partial charge in [0.2, 0.25) is 5.91 Å². The summed E-state index contributed by atoms with van der Waals surface area (Å²) in [5, 5.41) is 13.5. The number of thioether (sulfide) groups is 1. The standard InChI is InChI=1S/C22H24F3N3O3S/c1-3-10-28-20-11-15(22(23,24)25)4-9-19(20)27-21(28)32-13-17(30)12-31-18-7-5-16(6-8-18)26-14(2)29/h4-9,11,17,30H,3,10,12-13H2,1-2H3,(H,26,29). The zero-order chi connectivity index (χ0) is 23.3. The number of alkyl halides is 3. The van der Waals surface area contributed by atoms with E-state index in [4.69, 9.17) is 4.74 Å². The van der Waals surface area contributed by atoms with Crippen molar-refractivity contribution in [3.63, 3.8) is 0 Å². The lowest BCUT2D eigenvalue weighted by molar-refractivity contribution is -0.137. The first-order chi connectivity index (χ1) is 15.2. The van der Waals surface area contributed by atoms with Crippen molar-refractivity contribution < 1.29 is 27.8 Å². The molecule has 1 unspecified atom stereocenters. The van der Waals surface area contributed by atoms with Crippen molar-refractivity contribution in [3.05, 3.63) is 48.0 Å². The summed E-state index contributed by atoms with van der Waals surface area (Å²) in [5.41, 5.74) is 0.842. The number of anilines is 1. The second-order valence-electron chi connectivity index (χ2n) is 7.23. The number of fused-ring (bicyclic) bond motifs is 1. The fourth-order valence-corrected chi connectivity index (χ4v) is 4.02. The number of carbonyl (C=O) groups excluding carboxylic acids is 1. The number of nitrogens with zero attached hydrogens (tertiary/aromatic N) is 2. The maximum Gasteiger partial charge on any atom is 0.416 e. The van der Waals surface area contributed by atoms with Crippen LogP contribution < -0.4 is 10.1 Å². The second kappa shape index (κ2) is 10.3. The molecule has 1 amide bonds. The Bertz CT molecular complexity index is 1070. The number of carbonyl (C=O) groups is 1. The molecule has 1 heterocycles. The lowest BCUT2D eigenvalue weighted by atomic mass is 10.2. The Kier molecular flexibility index (Phi) is 7.68. The van der Waals surface area contributed by atoms with E-state index in [-0.39, 0.29) is 18.3 Å². The second-order valence-corrected chi connectivity index (χ2v) is 8.22. The number of benzene rings is 2. The molecular weight excluding hydrogens is 443 g/mol. The number of aliphatic hydroxyl groups is 1. The topological polar surface area (TPSA) is 76.4 Å². The largest absolute Gasteiger partial charge is 0.491 e. The van der Waals surface area contributed by atoms with Crippen LogP contribution in [0.25, 0.3) is 11.0 Å². The monoisotopic (exact) mass is 467 g/mol. The van der Waals surface area contributed by atoms with E-state index in [2.05, 4.69) is 10.3 Å². The van der Waals surface area contributed by atoms with E-state index in [0.29, 0.717) is 34.2 Å². The van der Waals surface area contributed by atoms with Gasteiger partial charge in [-0.1, -0.05) is 18.7 Å². The van der Waals surface area contributed by atoms with Gasteiger partial charge >= 0.3 is 6.18 Å². The number of nitrogens with one attached hydrogen (secondary N) is 1. The number of ether oxygens (including phenoxy) is 1. The highest BCUT2D eigenvalue weighted by molar-refractivity contribution is 7.99. The molecule has 0 spiro atoms. The molecule has 0 aliphatic rings. The summed E-state index contributed by atoms with van der Waals surface area (Å²) in [6.07, 6.45) is -4.50. The number of aryl methyl sites for hydroxylation is 1. The molecule has 3 aromatic rings. The Hall–Kier alpha value is -2.72. The number of hydrogen-bond acceptors (Lipinski definition) is 5. The third-order valence-electron chi connectivity index (χ3n) is 4.51. The minimum absolute atomic E-state index is 0.0404. The average molecular weight is 468 g/mol. The van der Waals surface area contributed by atoms with E-state index in [1.165, 1.54) is 24.8 Å². The van der Waals surface area contributed by atoms with Crippen LogP contribution in [0.1, 0.15) is 25.8 Å². The van der Waals surface area contributed by atoms with Gasteiger partial charge in [-0.3, -0.25) is 4.79 Å². The molecule has 1 aromatic heterocycles. The van der Waals surface area contributed by atoms with Crippen LogP contribution in [0.3, 0.4) is 0 Å². The van der Waals surface area contributed by atoms with Crippen molar-refractivity contribution >= 4 is 34.4 Å². The summed E-state index contributed by atoms with van der Waals surface area (Å²) in [6.45, 7) is 3.92. The number of aromatic nitrogens is 2. The predicted octanol–water partition coefficient (Wildman–Crippen LogP) is 4.96. The fourth-order valence-electron chi connectivity index (χ4n) is 3.08. The number of imidazole rings is 1. The Labute approximate surface area is 187 Å². The SMILES string of the molecule is CCCn1c(SCC(O)COc2ccc(NC(C)=O)cc2)nc2ccc(C(F)(F)F)cc21. The zero-order valence-electron chi connectivity index (χ0n) is 17.6. The highest BCUT2D eigenvalue weighted by Crippen LogP contribution is 2.33. The quantitative estimate of drug-likeness (QED) is 0.435. The van der Waals surface area contributed by atoms with Crippen LogP contribution in [-0.4, -0.2) is 39.0 Å². The normalized spacial score (nSPS) is 12.7. The lowest BCUT2D eigenvalue weighted by Crippen LogP contribution is -2.20. The maximum atomic E-state index is 13.1. The lowest BCUT2D eigenvalue weighted by Gasteiger charge is -2.13. The number of halogens is 3. The maximum absolute atomic E-state index is 13.1. The molecule has 172 valence electrons. The first-order valence-corrected chi connectivity index (χ1v) is 11.0. The van der Waals surface area contributed by atoms with Crippen molar-refractivity contribution in [2.24, 2.45) is 0 Å². The van der Waals surface area contributed by atoms with E-state index in [1.807, 2.05) is 6.92 Å². The molecule has 32 heavy (non-hydrogen) atoms. The summed E-state index contributed by atoms with van der Waals surface area (Å²) in [7, 11) is 0. The van der Waals surface area contributed by atoms with E-state index in [9.17, 15) is 23.1 Å². The van der Waals surface area contributed by atoms with Crippen molar-refractivity contribution in [1.82, 2.24) is 9.55 Å². The van der Waals surface area contributed by atoms with Gasteiger partial charge in [-0.15, -0.1) is 0 Å². The fraction of sp³-hybridized carbons (Fsp3) is 0.364. The number of hydrogen-bond donors (Lipinski definition) is 2. The van der Waals surface area contributed by atoms with E-state index < -0.39 is 17.8 Å². The van der Waals surface area contributed by atoms with Crippen LogP contribution in [0.4, 0.5) is 18.9 Å². The summed E-state index contributed by atoms with van der Waals surface area (Å²) in [6, 6.07) is 10.3. The van der Waals surface area contributed by atoms with Gasteiger partial charge < -0.3 is 19.7 Å². The first-order valence-electron chi connectivity index (χ1n) is 10.1. The minimum Gasteiger partial charge on any atom is -0.491 e. The molecule has 0 bridgehead atoms. The molecule has 0 radical (unpaired) electrons. The Morgan fingerprint density at radius 1 is 1.25 bits per heavy atom. The molecule has 3 rings (SSSR count). The molecule has 6 nitrogen and oxygen atoms in total. The molecule has 0 aliphatic carbocycles. The van der Waals surface area contributed by atoms with Gasteiger partial charge in [0.1, 0.15) is 12.4 Å². The smallest absolute Gasteiger partial charge is 0.416 e. The van der Waals surface area contributed by atoms with Crippen LogP contribution in [0.2, 0.25) is 0 Å². The van der Waals surface area contributed by atoms with Gasteiger partial charge in [-0.05, 0) is 48.9 Å². The minimum atomic E-state index is -4.42. The molecule has 0 aliphatic heterocycles. The van der Waals surface area contributed by atoms with Crippen LogP contribution in [0, 0.1) is 0 Å². The van der Waals surface area contributed by atoms with Gasteiger partial charge in [0.15, 0.2) is 5.16 Å². The first kappa shape index (κ1) is 23.9. The predicted molar refractivity (Wildman–Crippen MR) is 118 cm³/mol. The molecule has 0 saturated carbocycles. The van der Waals surface area contributed by atoms with Crippen molar-refractivity contribution in [3.8, 4) is 5.75 Å². The van der Waals surface area contributed by atoms with Crippen molar-refractivity contribution in [1.29, 1.82) is 0 Å². The molecule has 2 N–H and O–H groups in total. The number of aliphatic hydroxyl groups excluding tert-OH is 1. The highest BCUT2D eigenvalue weighted by Gasteiger charge is 2.31. The molecule has 1 atom stereocenters. The molecule has 0 fully saturated rings. The van der Waals surface area contributed by atoms with E-state index in [0.717, 1.165) is 18.6 Å². The summed E-state index contributed by atoms with van der Waals surface area (Å²) in [4.78, 5) is 15.5. The third-order valence-corrected chi connectivity index (χ3v) is 5.63. The van der Waals surface area contributed by atoms with Crippen LogP contribution in [0.5, 0.6) is 5.75 Å². The van der Waals surface area contributed by atoms with E-state index in [1.54, 1.807) is 28.8 Å². The van der Waals surface area contributed by atoms with E-state index >= 15 is 0 Å². The van der Waals surface area contributed by atoms with Crippen LogP contribution in [-0.2, 0) is 17.5 Å².